The van der Waals surface area contributed by atoms with Gasteiger partial charge in [-0.2, -0.15) is 15.2 Å². The lowest BCUT2D eigenvalue weighted by Crippen LogP contribution is -2.38. The first-order valence-electron chi connectivity index (χ1n) is 13.5. The Kier molecular flexibility index (Phi) is 7.53. The van der Waals surface area contributed by atoms with E-state index in [1.165, 1.54) is 19.2 Å². The fourth-order valence-electron chi connectivity index (χ4n) is 5.72. The second kappa shape index (κ2) is 11.2. The lowest BCUT2D eigenvalue weighted by molar-refractivity contribution is 0.169. The van der Waals surface area contributed by atoms with Gasteiger partial charge in [0.25, 0.3) is 0 Å². The summed E-state index contributed by atoms with van der Waals surface area (Å²) < 4.78 is 43.6. The molecule has 5 N–H and O–H groups in total. The Labute approximate surface area is 259 Å². The Balaban J connectivity index is 1.70. The van der Waals surface area contributed by atoms with Gasteiger partial charge in [0, 0.05) is 22.7 Å². The van der Waals surface area contributed by atoms with E-state index in [1.54, 1.807) is 25.3 Å². The predicted molar refractivity (Wildman–Crippen MR) is 166 cm³/mol. The number of anilines is 3. The molecule has 0 spiro atoms. The number of aromatic nitrogens is 3. The van der Waals surface area contributed by atoms with Gasteiger partial charge in [0.05, 0.1) is 46.5 Å². The molecule has 1 aliphatic rings. The van der Waals surface area contributed by atoms with Crippen molar-refractivity contribution in [2.45, 2.75) is 38.5 Å². The van der Waals surface area contributed by atoms with Crippen LogP contribution in [0.2, 0.25) is 5.02 Å². The van der Waals surface area contributed by atoms with Gasteiger partial charge in [0.1, 0.15) is 40.1 Å². The van der Waals surface area contributed by atoms with Crippen molar-refractivity contribution in [2.75, 3.05) is 30.0 Å². The van der Waals surface area contributed by atoms with Crippen molar-refractivity contribution in [3.63, 3.8) is 0 Å². The second-order valence-corrected chi connectivity index (χ2v) is 11.9. The minimum Gasteiger partial charge on any atom is -0.486 e. The van der Waals surface area contributed by atoms with Gasteiger partial charge in [-0.3, -0.25) is 0 Å². The molecule has 14 heteroatoms. The van der Waals surface area contributed by atoms with Gasteiger partial charge in [-0.1, -0.05) is 23.7 Å². The lowest BCUT2D eigenvalue weighted by Gasteiger charge is -2.34. The summed E-state index contributed by atoms with van der Waals surface area (Å²) in [5.74, 6) is -0.864. The third kappa shape index (κ3) is 4.66. The van der Waals surface area contributed by atoms with Crippen LogP contribution >= 0.6 is 22.9 Å². The van der Waals surface area contributed by atoms with Gasteiger partial charge in [0.2, 0.25) is 0 Å². The van der Waals surface area contributed by atoms with Crippen molar-refractivity contribution in [1.82, 2.24) is 15.0 Å². The SMILES string of the molecule is COc1nc2c3c(c(Cl)c(-c4ccc(F)c5sc(N)c(C#N)c45)c(F)c3n1)OC(C)CN2[C@H](CC(C)O)c1cccnc1N. The molecular formula is C30H26ClF2N7O3S. The molecule has 4 heterocycles. The van der Waals surface area contributed by atoms with Gasteiger partial charge in [-0.05, 0) is 38.0 Å². The van der Waals surface area contributed by atoms with E-state index >= 15 is 4.39 Å². The van der Waals surface area contributed by atoms with E-state index in [-0.39, 0.29) is 84.1 Å². The van der Waals surface area contributed by atoms with E-state index in [0.717, 1.165) is 11.3 Å². The summed E-state index contributed by atoms with van der Waals surface area (Å²) in [6, 6.07) is 7.37. The zero-order valence-electron chi connectivity index (χ0n) is 23.7. The number of rotatable bonds is 6. The maximum Gasteiger partial charge on any atom is 0.318 e. The van der Waals surface area contributed by atoms with Crippen LogP contribution in [0, 0.1) is 23.0 Å². The van der Waals surface area contributed by atoms with Crippen LogP contribution in [0.3, 0.4) is 0 Å². The number of aliphatic hydroxyl groups is 1. The van der Waals surface area contributed by atoms with E-state index in [1.807, 2.05) is 17.9 Å². The molecule has 1 aliphatic heterocycles. The molecule has 10 nitrogen and oxygen atoms in total. The van der Waals surface area contributed by atoms with Gasteiger partial charge < -0.3 is 30.9 Å². The second-order valence-electron chi connectivity index (χ2n) is 10.5. The Morgan fingerprint density at radius 3 is 2.73 bits per heavy atom. The van der Waals surface area contributed by atoms with Crippen molar-refractivity contribution >= 4 is 60.6 Å². The highest BCUT2D eigenvalue weighted by Crippen LogP contribution is 2.52. The van der Waals surface area contributed by atoms with E-state index in [9.17, 15) is 14.8 Å². The third-order valence-electron chi connectivity index (χ3n) is 7.54. The fraction of sp³-hybridized carbons (Fsp3) is 0.267. The van der Waals surface area contributed by atoms with E-state index < -0.39 is 29.9 Å². The number of nitrogens with two attached hydrogens (primary N) is 2. The number of hydrogen-bond donors (Lipinski definition) is 3. The largest absolute Gasteiger partial charge is 0.486 e. The zero-order valence-corrected chi connectivity index (χ0v) is 25.3. The quantitative estimate of drug-likeness (QED) is 0.202. The molecule has 5 aromatic rings. The number of halogens is 3. The summed E-state index contributed by atoms with van der Waals surface area (Å²) in [5.41, 5.74) is 12.8. The Morgan fingerprint density at radius 1 is 1.27 bits per heavy atom. The number of methoxy groups -OCH3 is 1. The number of pyridine rings is 1. The number of aliphatic hydroxyl groups excluding tert-OH is 1. The number of thiophene rings is 1. The van der Waals surface area contributed by atoms with Gasteiger partial charge in [0.15, 0.2) is 11.6 Å². The highest BCUT2D eigenvalue weighted by Gasteiger charge is 2.36. The summed E-state index contributed by atoms with van der Waals surface area (Å²) >= 11 is 7.89. The van der Waals surface area contributed by atoms with Crippen molar-refractivity contribution in [2.24, 2.45) is 0 Å². The molecule has 3 atom stereocenters. The molecule has 0 aliphatic carbocycles. The van der Waals surface area contributed by atoms with Crippen LogP contribution in [0.15, 0.2) is 30.5 Å². The van der Waals surface area contributed by atoms with Gasteiger partial charge in [-0.25, -0.2) is 13.8 Å². The van der Waals surface area contributed by atoms with Crippen LogP contribution in [0.1, 0.15) is 37.4 Å². The van der Waals surface area contributed by atoms with Gasteiger partial charge >= 0.3 is 6.01 Å². The number of hydrogen-bond acceptors (Lipinski definition) is 11. The first-order valence-corrected chi connectivity index (χ1v) is 14.7. The van der Waals surface area contributed by atoms with Crippen molar-refractivity contribution in [3.05, 3.63) is 58.2 Å². The predicted octanol–water partition coefficient (Wildman–Crippen LogP) is 5.98. The molecule has 2 aromatic carbocycles. The first kappa shape index (κ1) is 29.6. The molecular weight excluding hydrogens is 612 g/mol. The van der Waals surface area contributed by atoms with Crippen LogP contribution in [-0.4, -0.2) is 45.9 Å². The molecule has 0 fully saturated rings. The van der Waals surface area contributed by atoms with E-state index in [2.05, 4.69) is 15.0 Å². The van der Waals surface area contributed by atoms with Crippen LogP contribution < -0.4 is 25.8 Å². The number of benzene rings is 2. The van der Waals surface area contributed by atoms with Crippen LogP contribution in [0.4, 0.5) is 25.4 Å². The average Bonchev–Trinajstić information content (AvgIpc) is 3.26. The van der Waals surface area contributed by atoms with Crippen LogP contribution in [-0.2, 0) is 0 Å². The van der Waals surface area contributed by atoms with Crippen molar-refractivity contribution < 1.29 is 23.4 Å². The molecule has 2 unspecified atom stereocenters. The Morgan fingerprint density at radius 2 is 2.05 bits per heavy atom. The monoisotopic (exact) mass is 637 g/mol. The molecule has 44 heavy (non-hydrogen) atoms. The average molecular weight is 638 g/mol. The highest BCUT2D eigenvalue weighted by atomic mass is 35.5. The number of nitrogen functional groups attached to an aromatic ring is 2. The number of fused-ring (bicyclic) bond motifs is 1. The maximum absolute atomic E-state index is 16.9. The molecule has 0 radical (unpaired) electrons. The van der Waals surface area contributed by atoms with Crippen molar-refractivity contribution in [1.29, 1.82) is 5.26 Å². The molecule has 0 saturated carbocycles. The summed E-state index contributed by atoms with van der Waals surface area (Å²) in [5, 5.41) is 20.6. The molecule has 226 valence electrons. The van der Waals surface area contributed by atoms with Crippen LogP contribution in [0.5, 0.6) is 11.8 Å². The molecule has 0 saturated heterocycles. The standard InChI is InChI=1S/C30H26ClF2N7O3S/c1-12(41)9-18(14-5-4-8-37-27(14)35)40-11-13(2)43-25-21-24(38-30(42-3)39-29(21)40)23(33)20(22(25)31)15-6-7-17(32)26-19(15)16(10-34)28(36)44-26/h4-8,12-13,18,41H,9,11,36H2,1-3H3,(H2,35,37)/t12?,13?,18-/m1/s1. The fourth-order valence-corrected chi connectivity index (χ4v) is 7.00. The molecule has 6 rings (SSSR count). The maximum atomic E-state index is 16.9. The third-order valence-corrected chi connectivity index (χ3v) is 8.93. The lowest BCUT2D eigenvalue weighted by atomic mass is 9.96. The normalized spacial score (nSPS) is 16.0. The van der Waals surface area contributed by atoms with Gasteiger partial charge in [-0.15, -0.1) is 11.3 Å². The first-order chi connectivity index (χ1) is 21.0. The smallest absolute Gasteiger partial charge is 0.318 e. The topological polar surface area (TPSA) is 156 Å². The summed E-state index contributed by atoms with van der Waals surface area (Å²) in [6.45, 7) is 3.69. The molecule has 0 bridgehead atoms. The van der Waals surface area contributed by atoms with Crippen LogP contribution in [0.25, 0.3) is 32.1 Å². The Bertz CT molecular complexity index is 2000. The highest BCUT2D eigenvalue weighted by molar-refractivity contribution is 7.23. The number of ether oxygens (including phenoxy) is 2. The Hall–Kier alpha value is -4.51. The van der Waals surface area contributed by atoms with E-state index in [4.69, 9.17) is 32.5 Å². The minimum atomic E-state index is -0.858. The summed E-state index contributed by atoms with van der Waals surface area (Å²) in [7, 11) is 1.35. The molecule has 3 aromatic heterocycles. The van der Waals surface area contributed by atoms with E-state index in [0.29, 0.717) is 5.56 Å². The number of nitrogens with zero attached hydrogens (tertiary/aromatic N) is 5. The number of nitriles is 1. The summed E-state index contributed by atoms with van der Waals surface area (Å²) in [4.78, 5) is 15.1. The molecule has 0 amide bonds. The van der Waals surface area contributed by atoms with Crippen molar-refractivity contribution in [3.8, 4) is 29.0 Å². The summed E-state index contributed by atoms with van der Waals surface area (Å²) in [6.07, 6.45) is 0.497. The zero-order chi connectivity index (χ0) is 31.4. The minimum absolute atomic E-state index is 0.0115.